The van der Waals surface area contributed by atoms with Crippen LogP contribution in [0.5, 0.6) is 11.5 Å². The Hall–Kier alpha value is -1.91. The minimum atomic E-state index is -0.125. The van der Waals surface area contributed by atoms with E-state index in [4.69, 9.17) is 9.47 Å². The van der Waals surface area contributed by atoms with Crippen LogP contribution >= 0.6 is 0 Å². The monoisotopic (exact) mass is 220 g/mol. The molecule has 0 spiro atoms. The summed E-state index contributed by atoms with van der Waals surface area (Å²) in [4.78, 5) is 11.0. The highest BCUT2D eigenvalue weighted by molar-refractivity contribution is 5.77. The minimum Gasteiger partial charge on any atom is -0.486 e. The van der Waals surface area contributed by atoms with Crippen LogP contribution in [0.25, 0.3) is 0 Å². The van der Waals surface area contributed by atoms with Crippen molar-refractivity contribution in [1.29, 1.82) is 0 Å². The molecule has 2 amide bonds. The highest BCUT2D eigenvalue weighted by Gasteiger charge is 2.23. The number of hydrogen-bond donors (Lipinski definition) is 2. The van der Waals surface area contributed by atoms with Crippen molar-refractivity contribution in [2.75, 3.05) is 19.8 Å². The second-order valence-electron chi connectivity index (χ2n) is 3.81. The van der Waals surface area contributed by atoms with Crippen LogP contribution in [0.15, 0.2) is 18.2 Å². The number of rotatable bonds is 1. The van der Waals surface area contributed by atoms with Crippen LogP contribution in [-0.2, 0) is 0 Å². The number of urea groups is 1. The van der Waals surface area contributed by atoms with E-state index in [1.807, 2.05) is 18.2 Å². The van der Waals surface area contributed by atoms with Gasteiger partial charge in [0.15, 0.2) is 11.5 Å². The van der Waals surface area contributed by atoms with E-state index in [0.29, 0.717) is 19.8 Å². The molecule has 2 aliphatic rings. The first-order chi connectivity index (χ1) is 7.83. The Morgan fingerprint density at radius 2 is 2.00 bits per heavy atom. The molecule has 5 nitrogen and oxygen atoms in total. The second kappa shape index (κ2) is 3.59. The number of ether oxygens (including phenoxy) is 2. The van der Waals surface area contributed by atoms with E-state index in [2.05, 4.69) is 10.6 Å². The lowest BCUT2D eigenvalue weighted by Gasteiger charge is -2.20. The Bertz CT molecular complexity index is 433. The van der Waals surface area contributed by atoms with Gasteiger partial charge in [0, 0.05) is 6.54 Å². The van der Waals surface area contributed by atoms with Crippen LogP contribution in [0.4, 0.5) is 4.79 Å². The molecule has 0 saturated carbocycles. The quantitative estimate of drug-likeness (QED) is 0.736. The van der Waals surface area contributed by atoms with E-state index in [0.717, 1.165) is 17.1 Å². The van der Waals surface area contributed by atoms with Crippen LogP contribution in [0, 0.1) is 0 Å². The standard InChI is InChI=1S/C11H12N2O3/c14-11-12-6-8(13-11)7-1-2-9-10(5-7)16-4-3-15-9/h1-2,5,8H,3-4,6H2,(H2,12,13,14)/t8-/m1/s1. The van der Waals surface area contributed by atoms with Crippen molar-refractivity contribution in [3.8, 4) is 11.5 Å². The lowest BCUT2D eigenvalue weighted by atomic mass is 10.1. The summed E-state index contributed by atoms with van der Waals surface area (Å²) in [6.07, 6.45) is 0. The number of fused-ring (bicyclic) bond motifs is 1. The molecule has 1 aromatic rings. The summed E-state index contributed by atoms with van der Waals surface area (Å²) in [6.45, 7) is 1.78. The van der Waals surface area contributed by atoms with Gasteiger partial charge in [-0.3, -0.25) is 0 Å². The molecule has 0 radical (unpaired) electrons. The van der Waals surface area contributed by atoms with Crippen molar-refractivity contribution in [1.82, 2.24) is 10.6 Å². The van der Waals surface area contributed by atoms with Crippen molar-refractivity contribution in [2.45, 2.75) is 6.04 Å². The van der Waals surface area contributed by atoms with Gasteiger partial charge in [0.05, 0.1) is 6.04 Å². The molecular formula is C11H12N2O3. The molecule has 0 unspecified atom stereocenters. The Balaban J connectivity index is 1.88. The summed E-state index contributed by atoms with van der Waals surface area (Å²) in [5.74, 6) is 1.53. The molecule has 5 heteroatoms. The molecule has 84 valence electrons. The van der Waals surface area contributed by atoms with Crippen LogP contribution < -0.4 is 20.1 Å². The first-order valence-corrected chi connectivity index (χ1v) is 5.27. The van der Waals surface area contributed by atoms with E-state index >= 15 is 0 Å². The van der Waals surface area contributed by atoms with Gasteiger partial charge in [-0.2, -0.15) is 0 Å². The van der Waals surface area contributed by atoms with E-state index in [1.54, 1.807) is 0 Å². The highest BCUT2D eigenvalue weighted by atomic mass is 16.6. The molecule has 1 aromatic carbocycles. The first kappa shape index (κ1) is 9.33. The van der Waals surface area contributed by atoms with E-state index in [1.165, 1.54) is 0 Å². The summed E-state index contributed by atoms with van der Waals surface area (Å²) in [7, 11) is 0. The van der Waals surface area contributed by atoms with Crippen LogP contribution in [-0.4, -0.2) is 25.8 Å². The van der Waals surface area contributed by atoms with Crippen molar-refractivity contribution in [3.63, 3.8) is 0 Å². The normalized spacial score (nSPS) is 22.5. The fourth-order valence-electron chi connectivity index (χ4n) is 1.93. The van der Waals surface area contributed by atoms with Gasteiger partial charge in [0.25, 0.3) is 0 Å². The fraction of sp³-hybridized carbons (Fsp3) is 0.364. The lowest BCUT2D eigenvalue weighted by molar-refractivity contribution is 0.171. The molecule has 3 rings (SSSR count). The van der Waals surface area contributed by atoms with Gasteiger partial charge in [-0.15, -0.1) is 0 Å². The fourth-order valence-corrected chi connectivity index (χ4v) is 1.93. The van der Waals surface area contributed by atoms with Crippen molar-refractivity contribution in [3.05, 3.63) is 23.8 Å². The van der Waals surface area contributed by atoms with Crippen LogP contribution in [0.1, 0.15) is 11.6 Å². The summed E-state index contributed by atoms with van der Waals surface area (Å²) < 4.78 is 10.9. The molecule has 1 atom stereocenters. The Morgan fingerprint density at radius 1 is 1.19 bits per heavy atom. The summed E-state index contributed by atoms with van der Waals surface area (Å²) >= 11 is 0. The molecule has 0 aromatic heterocycles. The number of amides is 2. The Labute approximate surface area is 92.7 Å². The maximum absolute atomic E-state index is 11.0. The third-order valence-corrected chi connectivity index (χ3v) is 2.74. The largest absolute Gasteiger partial charge is 0.486 e. The number of carbonyl (C=O) groups excluding carboxylic acids is 1. The van der Waals surface area contributed by atoms with Crippen LogP contribution in [0.3, 0.4) is 0 Å². The molecule has 0 aliphatic carbocycles. The third-order valence-electron chi connectivity index (χ3n) is 2.74. The SMILES string of the molecule is O=C1NC[C@H](c2ccc3c(c2)OCCO3)N1. The zero-order valence-corrected chi connectivity index (χ0v) is 8.66. The van der Waals surface area contributed by atoms with Gasteiger partial charge < -0.3 is 20.1 Å². The average molecular weight is 220 g/mol. The van der Waals surface area contributed by atoms with E-state index in [-0.39, 0.29) is 12.1 Å². The predicted octanol–water partition coefficient (Wildman–Crippen LogP) is 0.812. The van der Waals surface area contributed by atoms with Gasteiger partial charge in [0.1, 0.15) is 13.2 Å². The number of benzene rings is 1. The van der Waals surface area contributed by atoms with Gasteiger partial charge in [-0.25, -0.2) is 4.79 Å². The highest BCUT2D eigenvalue weighted by Crippen LogP contribution is 2.32. The summed E-state index contributed by atoms with van der Waals surface area (Å²) in [5.41, 5.74) is 1.03. The predicted molar refractivity (Wildman–Crippen MR) is 56.7 cm³/mol. The van der Waals surface area contributed by atoms with Crippen molar-refractivity contribution in [2.24, 2.45) is 0 Å². The lowest BCUT2D eigenvalue weighted by Crippen LogP contribution is -2.22. The topological polar surface area (TPSA) is 59.6 Å². The number of hydrogen-bond acceptors (Lipinski definition) is 3. The van der Waals surface area contributed by atoms with Gasteiger partial charge in [-0.05, 0) is 17.7 Å². The van der Waals surface area contributed by atoms with Gasteiger partial charge >= 0.3 is 6.03 Å². The smallest absolute Gasteiger partial charge is 0.315 e. The molecule has 2 N–H and O–H groups in total. The minimum absolute atomic E-state index is 0.0170. The maximum atomic E-state index is 11.0. The van der Waals surface area contributed by atoms with Gasteiger partial charge in [0.2, 0.25) is 0 Å². The van der Waals surface area contributed by atoms with Crippen molar-refractivity contribution < 1.29 is 14.3 Å². The molecule has 1 saturated heterocycles. The summed E-state index contributed by atoms with van der Waals surface area (Å²) in [6, 6.07) is 5.65. The van der Waals surface area contributed by atoms with Gasteiger partial charge in [-0.1, -0.05) is 6.07 Å². The number of nitrogens with one attached hydrogen (secondary N) is 2. The zero-order chi connectivity index (χ0) is 11.0. The maximum Gasteiger partial charge on any atom is 0.315 e. The average Bonchev–Trinajstić information content (AvgIpc) is 2.75. The zero-order valence-electron chi connectivity index (χ0n) is 8.66. The molecule has 2 heterocycles. The van der Waals surface area contributed by atoms with Crippen molar-refractivity contribution >= 4 is 6.03 Å². The molecular weight excluding hydrogens is 208 g/mol. The number of carbonyl (C=O) groups is 1. The molecule has 1 fully saturated rings. The van der Waals surface area contributed by atoms with E-state index in [9.17, 15) is 4.79 Å². The first-order valence-electron chi connectivity index (χ1n) is 5.27. The molecule has 0 bridgehead atoms. The Kier molecular flexibility index (Phi) is 2.09. The van der Waals surface area contributed by atoms with E-state index < -0.39 is 0 Å². The summed E-state index contributed by atoms with van der Waals surface area (Å²) in [5, 5.41) is 5.56. The third kappa shape index (κ3) is 1.54. The molecule has 2 aliphatic heterocycles. The molecule has 16 heavy (non-hydrogen) atoms. The second-order valence-corrected chi connectivity index (χ2v) is 3.81. The van der Waals surface area contributed by atoms with Crippen LogP contribution in [0.2, 0.25) is 0 Å². The Morgan fingerprint density at radius 3 is 2.75 bits per heavy atom.